The largest absolute Gasteiger partial charge is 0.350 e. The minimum atomic E-state index is 0.0940. The lowest BCUT2D eigenvalue weighted by atomic mass is 10.2. The first-order valence-electron chi connectivity index (χ1n) is 4.60. The van der Waals surface area contributed by atoms with Crippen LogP contribution in [0.4, 0.5) is 0 Å². The quantitative estimate of drug-likeness (QED) is 0.585. The van der Waals surface area contributed by atoms with Gasteiger partial charge >= 0.3 is 0 Å². The maximum atomic E-state index is 5.49. The van der Waals surface area contributed by atoms with Crippen LogP contribution in [0.15, 0.2) is 0 Å². The van der Waals surface area contributed by atoms with Gasteiger partial charge < -0.3 is 9.47 Å². The van der Waals surface area contributed by atoms with Crippen LogP contribution in [0.5, 0.6) is 0 Å². The summed E-state index contributed by atoms with van der Waals surface area (Å²) >= 11 is 0. The summed E-state index contributed by atoms with van der Waals surface area (Å²) in [4.78, 5) is 0. The van der Waals surface area contributed by atoms with Crippen LogP contribution in [-0.2, 0) is 9.47 Å². The van der Waals surface area contributed by atoms with E-state index in [0.29, 0.717) is 6.10 Å². The van der Waals surface area contributed by atoms with Crippen molar-refractivity contribution < 1.29 is 9.47 Å². The highest BCUT2D eigenvalue weighted by molar-refractivity contribution is 4.59. The molecule has 0 aromatic heterocycles. The second kappa shape index (κ2) is 4.73. The van der Waals surface area contributed by atoms with Gasteiger partial charge in [0.1, 0.15) is 0 Å². The van der Waals surface area contributed by atoms with Gasteiger partial charge in [-0.3, -0.25) is 0 Å². The molecule has 0 N–H and O–H groups in total. The van der Waals surface area contributed by atoms with Gasteiger partial charge in [0.25, 0.3) is 0 Å². The second-order valence-electron chi connectivity index (χ2n) is 3.21. The minimum Gasteiger partial charge on any atom is -0.350 e. The molecule has 2 unspecified atom stereocenters. The summed E-state index contributed by atoms with van der Waals surface area (Å²) in [6.07, 6.45) is 5.25. The molecule has 2 atom stereocenters. The van der Waals surface area contributed by atoms with E-state index in [1.165, 1.54) is 19.3 Å². The first kappa shape index (κ1) is 9.01. The molecule has 1 heterocycles. The average molecular weight is 158 g/mol. The first-order valence-corrected chi connectivity index (χ1v) is 4.60. The number of hydrogen-bond acceptors (Lipinski definition) is 2. The van der Waals surface area contributed by atoms with Crippen molar-refractivity contribution in [3.8, 4) is 0 Å². The van der Waals surface area contributed by atoms with Crippen LogP contribution in [0.25, 0.3) is 0 Å². The molecule has 1 aliphatic rings. The van der Waals surface area contributed by atoms with E-state index in [2.05, 4.69) is 13.8 Å². The normalized spacial score (nSPS) is 31.1. The first-order chi connectivity index (χ1) is 5.33. The van der Waals surface area contributed by atoms with Crippen LogP contribution in [0.2, 0.25) is 0 Å². The van der Waals surface area contributed by atoms with Crippen molar-refractivity contribution in [3.05, 3.63) is 0 Å². The van der Waals surface area contributed by atoms with E-state index < -0.39 is 0 Å². The summed E-state index contributed by atoms with van der Waals surface area (Å²) in [6.45, 7) is 5.04. The fraction of sp³-hybridized carbons (Fsp3) is 1.00. The Morgan fingerprint density at radius 1 is 1.36 bits per heavy atom. The number of hydrogen-bond donors (Lipinski definition) is 0. The minimum absolute atomic E-state index is 0.0940. The molecule has 0 bridgehead atoms. The summed E-state index contributed by atoms with van der Waals surface area (Å²) < 4.78 is 10.9. The lowest BCUT2D eigenvalue weighted by Crippen LogP contribution is -2.08. The number of ether oxygens (including phenoxy) is 2. The van der Waals surface area contributed by atoms with Crippen LogP contribution < -0.4 is 0 Å². The standard InChI is InChI=1S/C9H18O2/c1-3-4-5-6-9-10-7-8(2)11-9/h8-9H,3-7H2,1-2H3. The van der Waals surface area contributed by atoms with Gasteiger partial charge in [0.2, 0.25) is 0 Å². The highest BCUT2D eigenvalue weighted by Crippen LogP contribution is 2.16. The van der Waals surface area contributed by atoms with E-state index in [-0.39, 0.29) is 6.29 Å². The van der Waals surface area contributed by atoms with Crippen molar-refractivity contribution in [1.29, 1.82) is 0 Å². The Bertz CT molecular complexity index is 104. The maximum Gasteiger partial charge on any atom is 0.158 e. The van der Waals surface area contributed by atoms with Gasteiger partial charge in [-0.05, 0) is 19.8 Å². The second-order valence-corrected chi connectivity index (χ2v) is 3.21. The Labute approximate surface area is 68.9 Å². The Hall–Kier alpha value is -0.0800. The van der Waals surface area contributed by atoms with Crippen LogP contribution >= 0.6 is 0 Å². The predicted octanol–water partition coefficient (Wildman–Crippen LogP) is 2.33. The molecule has 2 heteroatoms. The molecular weight excluding hydrogens is 140 g/mol. The lowest BCUT2D eigenvalue weighted by molar-refractivity contribution is -0.0603. The molecule has 0 aromatic rings. The van der Waals surface area contributed by atoms with Crippen LogP contribution in [0, 0.1) is 0 Å². The van der Waals surface area contributed by atoms with Gasteiger partial charge in [-0.25, -0.2) is 0 Å². The topological polar surface area (TPSA) is 18.5 Å². The molecule has 1 fully saturated rings. The van der Waals surface area contributed by atoms with E-state index >= 15 is 0 Å². The Morgan fingerprint density at radius 2 is 2.18 bits per heavy atom. The highest BCUT2D eigenvalue weighted by atomic mass is 16.7. The molecule has 0 amide bonds. The van der Waals surface area contributed by atoms with E-state index in [4.69, 9.17) is 9.47 Å². The molecular formula is C9H18O2. The summed E-state index contributed by atoms with van der Waals surface area (Å²) in [5.41, 5.74) is 0. The van der Waals surface area contributed by atoms with Crippen molar-refractivity contribution in [2.45, 2.75) is 51.9 Å². The van der Waals surface area contributed by atoms with Gasteiger partial charge in [0.05, 0.1) is 12.7 Å². The van der Waals surface area contributed by atoms with Crippen LogP contribution in [0.1, 0.15) is 39.5 Å². The molecule has 1 aliphatic heterocycles. The van der Waals surface area contributed by atoms with E-state index in [9.17, 15) is 0 Å². The maximum absolute atomic E-state index is 5.49. The summed E-state index contributed by atoms with van der Waals surface area (Å²) in [6, 6.07) is 0. The Kier molecular flexibility index (Phi) is 3.87. The van der Waals surface area contributed by atoms with Crippen molar-refractivity contribution in [1.82, 2.24) is 0 Å². The van der Waals surface area contributed by atoms with E-state index in [1.807, 2.05) is 0 Å². The fourth-order valence-electron chi connectivity index (χ4n) is 1.29. The van der Waals surface area contributed by atoms with Gasteiger partial charge in [0, 0.05) is 0 Å². The van der Waals surface area contributed by atoms with Gasteiger partial charge in [-0.2, -0.15) is 0 Å². The Morgan fingerprint density at radius 3 is 2.73 bits per heavy atom. The summed E-state index contributed by atoms with van der Waals surface area (Å²) in [5, 5.41) is 0. The summed E-state index contributed by atoms with van der Waals surface area (Å²) in [7, 11) is 0. The molecule has 0 radical (unpaired) electrons. The molecule has 11 heavy (non-hydrogen) atoms. The number of rotatable bonds is 4. The predicted molar refractivity (Wildman–Crippen MR) is 44.4 cm³/mol. The monoisotopic (exact) mass is 158 g/mol. The third-order valence-electron chi connectivity index (χ3n) is 1.94. The third kappa shape index (κ3) is 3.21. The van der Waals surface area contributed by atoms with Crippen molar-refractivity contribution in [2.75, 3.05) is 6.61 Å². The third-order valence-corrected chi connectivity index (χ3v) is 1.94. The van der Waals surface area contributed by atoms with E-state index in [0.717, 1.165) is 13.0 Å². The molecule has 1 rings (SSSR count). The van der Waals surface area contributed by atoms with E-state index in [1.54, 1.807) is 0 Å². The lowest BCUT2D eigenvalue weighted by Gasteiger charge is -2.08. The summed E-state index contributed by atoms with van der Waals surface area (Å²) in [5.74, 6) is 0. The smallest absolute Gasteiger partial charge is 0.158 e. The van der Waals surface area contributed by atoms with Crippen LogP contribution in [0.3, 0.4) is 0 Å². The van der Waals surface area contributed by atoms with Gasteiger partial charge in [-0.15, -0.1) is 0 Å². The van der Waals surface area contributed by atoms with Gasteiger partial charge in [0.15, 0.2) is 6.29 Å². The zero-order chi connectivity index (χ0) is 8.10. The molecule has 66 valence electrons. The van der Waals surface area contributed by atoms with Crippen LogP contribution in [-0.4, -0.2) is 19.0 Å². The fourth-order valence-corrected chi connectivity index (χ4v) is 1.29. The zero-order valence-corrected chi connectivity index (χ0v) is 7.51. The molecule has 2 nitrogen and oxygen atoms in total. The molecule has 1 saturated heterocycles. The van der Waals surface area contributed by atoms with Crippen molar-refractivity contribution in [2.24, 2.45) is 0 Å². The van der Waals surface area contributed by atoms with Crippen molar-refractivity contribution in [3.63, 3.8) is 0 Å². The average Bonchev–Trinajstić information content (AvgIpc) is 2.37. The Balaban J connectivity index is 1.99. The SMILES string of the molecule is CCCCCC1OCC(C)O1. The van der Waals surface area contributed by atoms with Crippen molar-refractivity contribution >= 4 is 0 Å². The van der Waals surface area contributed by atoms with Gasteiger partial charge in [-0.1, -0.05) is 19.8 Å². The number of unbranched alkanes of at least 4 members (excludes halogenated alkanes) is 2. The molecule has 0 aliphatic carbocycles. The zero-order valence-electron chi connectivity index (χ0n) is 7.51. The molecule has 0 aromatic carbocycles. The molecule has 0 saturated carbocycles. The molecule has 0 spiro atoms. The highest BCUT2D eigenvalue weighted by Gasteiger charge is 2.21.